The molecule has 0 aliphatic heterocycles. The van der Waals surface area contributed by atoms with Crippen LogP contribution in [0.4, 0.5) is 4.79 Å². The van der Waals surface area contributed by atoms with Crippen LogP contribution >= 0.6 is 0 Å². The minimum atomic E-state index is -1.17. The van der Waals surface area contributed by atoms with Crippen LogP contribution in [0.15, 0.2) is 0 Å². The number of carbonyl (C=O) groups is 2. The van der Waals surface area contributed by atoms with Gasteiger partial charge in [-0.1, -0.05) is 0 Å². The molecule has 0 fully saturated rings. The Morgan fingerprint density at radius 1 is 1.35 bits per heavy atom. The third-order valence-electron chi connectivity index (χ3n) is 2.05. The van der Waals surface area contributed by atoms with E-state index in [9.17, 15) is 9.59 Å². The van der Waals surface area contributed by atoms with Gasteiger partial charge >= 0.3 is 12.0 Å². The van der Waals surface area contributed by atoms with Gasteiger partial charge in [-0.15, -0.1) is 12.3 Å². The molecule has 0 aliphatic carbocycles. The van der Waals surface area contributed by atoms with Crippen molar-refractivity contribution in [2.45, 2.75) is 31.7 Å². The quantitative estimate of drug-likeness (QED) is 0.353. The predicted octanol–water partition coefficient (Wildman–Crippen LogP) is -0.0753. The molecule has 0 aromatic rings. The zero-order chi connectivity index (χ0) is 13.1. The first-order valence-electron chi connectivity index (χ1n) is 5.43. The fraction of sp³-hybridized carbons (Fsp3) is 0.636. The topological polar surface area (TPSA) is 98.7 Å². The van der Waals surface area contributed by atoms with Crippen molar-refractivity contribution in [1.29, 1.82) is 0 Å². The number of carboxylic acid groups (broad SMARTS) is 1. The summed E-state index contributed by atoms with van der Waals surface area (Å²) in [5.41, 5.74) is 0. The molecule has 0 saturated heterocycles. The van der Waals surface area contributed by atoms with Crippen LogP contribution in [0.25, 0.3) is 0 Å². The van der Waals surface area contributed by atoms with E-state index in [1.54, 1.807) is 0 Å². The lowest BCUT2D eigenvalue weighted by Gasteiger charge is -2.13. The second kappa shape index (κ2) is 9.48. The van der Waals surface area contributed by atoms with Gasteiger partial charge in [0.2, 0.25) is 0 Å². The molecule has 0 spiro atoms. The van der Waals surface area contributed by atoms with E-state index >= 15 is 0 Å². The van der Waals surface area contributed by atoms with Crippen LogP contribution in [0.2, 0.25) is 0 Å². The molecular formula is C11H18N2O4. The van der Waals surface area contributed by atoms with Crippen molar-refractivity contribution in [2.24, 2.45) is 0 Å². The number of terminal acetylenes is 1. The largest absolute Gasteiger partial charge is 0.480 e. The number of aliphatic hydroxyl groups is 1. The predicted molar refractivity (Wildman–Crippen MR) is 62.3 cm³/mol. The Morgan fingerprint density at radius 3 is 2.59 bits per heavy atom. The Balaban J connectivity index is 3.75. The minimum absolute atomic E-state index is 0.0140. The van der Waals surface area contributed by atoms with Gasteiger partial charge < -0.3 is 20.8 Å². The summed E-state index contributed by atoms with van der Waals surface area (Å²) in [4.78, 5) is 21.9. The van der Waals surface area contributed by atoms with Crippen molar-refractivity contribution in [2.75, 3.05) is 13.2 Å². The summed E-state index contributed by atoms with van der Waals surface area (Å²) in [5.74, 6) is 1.32. The summed E-state index contributed by atoms with van der Waals surface area (Å²) in [7, 11) is 0. The maximum Gasteiger partial charge on any atom is 0.326 e. The SMILES string of the molecule is C#CCCCCNC(=O)NC(CCO)C(=O)O. The molecule has 96 valence electrons. The number of hydrogen-bond donors (Lipinski definition) is 4. The smallest absolute Gasteiger partial charge is 0.326 e. The molecule has 2 amide bonds. The van der Waals surface area contributed by atoms with Crippen LogP contribution in [0.1, 0.15) is 25.7 Å². The number of carbonyl (C=O) groups excluding carboxylic acids is 1. The number of aliphatic hydroxyl groups excluding tert-OH is 1. The first-order chi connectivity index (χ1) is 8.11. The monoisotopic (exact) mass is 242 g/mol. The van der Waals surface area contributed by atoms with Crippen LogP contribution in [-0.2, 0) is 4.79 Å². The highest BCUT2D eigenvalue weighted by atomic mass is 16.4. The van der Waals surface area contributed by atoms with Gasteiger partial charge in [0, 0.05) is 26.0 Å². The Hall–Kier alpha value is -1.74. The fourth-order valence-corrected chi connectivity index (χ4v) is 1.15. The van der Waals surface area contributed by atoms with E-state index in [0.29, 0.717) is 13.0 Å². The Morgan fingerprint density at radius 2 is 2.06 bits per heavy atom. The summed E-state index contributed by atoms with van der Waals surface area (Å²) in [5, 5.41) is 22.1. The molecule has 0 bridgehead atoms. The van der Waals surface area contributed by atoms with E-state index < -0.39 is 18.0 Å². The van der Waals surface area contributed by atoms with Crippen molar-refractivity contribution < 1.29 is 19.8 Å². The average molecular weight is 242 g/mol. The Labute approximate surface area is 100 Å². The molecule has 17 heavy (non-hydrogen) atoms. The van der Waals surface area contributed by atoms with Crippen molar-refractivity contribution in [1.82, 2.24) is 10.6 Å². The summed E-state index contributed by atoms with van der Waals surface area (Å²) in [6.07, 6.45) is 7.27. The summed E-state index contributed by atoms with van der Waals surface area (Å²) < 4.78 is 0. The first-order valence-corrected chi connectivity index (χ1v) is 5.43. The molecule has 0 aromatic heterocycles. The average Bonchev–Trinajstić information content (AvgIpc) is 2.28. The van der Waals surface area contributed by atoms with Gasteiger partial charge in [-0.05, 0) is 12.8 Å². The van der Waals surface area contributed by atoms with Crippen molar-refractivity contribution >= 4 is 12.0 Å². The van der Waals surface area contributed by atoms with Gasteiger partial charge in [0.05, 0.1) is 0 Å². The van der Waals surface area contributed by atoms with Crippen molar-refractivity contribution in [3.8, 4) is 12.3 Å². The summed E-state index contributed by atoms with van der Waals surface area (Å²) in [6, 6.07) is -1.61. The summed E-state index contributed by atoms with van der Waals surface area (Å²) in [6.45, 7) is 0.151. The number of urea groups is 1. The van der Waals surface area contributed by atoms with Gasteiger partial charge in [-0.25, -0.2) is 9.59 Å². The minimum Gasteiger partial charge on any atom is -0.480 e. The maximum absolute atomic E-state index is 11.3. The molecule has 0 aromatic carbocycles. The van der Waals surface area contributed by atoms with E-state index in [0.717, 1.165) is 12.8 Å². The van der Waals surface area contributed by atoms with E-state index in [1.807, 2.05) is 0 Å². The standard InChI is InChI=1S/C11H18N2O4/c1-2-3-4-5-7-12-11(17)13-9(6-8-14)10(15)16/h1,9,14H,3-8H2,(H,15,16)(H2,12,13,17). The van der Waals surface area contributed by atoms with Crippen LogP contribution in [0.5, 0.6) is 0 Å². The zero-order valence-corrected chi connectivity index (χ0v) is 9.61. The molecule has 0 aliphatic rings. The zero-order valence-electron chi connectivity index (χ0n) is 9.61. The van der Waals surface area contributed by atoms with Gasteiger partial charge in [0.25, 0.3) is 0 Å². The lowest BCUT2D eigenvalue weighted by atomic mass is 10.2. The highest BCUT2D eigenvalue weighted by molar-refractivity contribution is 5.82. The molecule has 0 rings (SSSR count). The number of amides is 2. The maximum atomic E-state index is 11.3. The van der Waals surface area contributed by atoms with Gasteiger partial charge in [0.15, 0.2) is 0 Å². The normalized spacial score (nSPS) is 11.3. The number of unbranched alkanes of at least 4 members (excludes halogenated alkanes) is 2. The summed E-state index contributed by atoms with van der Waals surface area (Å²) >= 11 is 0. The first kappa shape index (κ1) is 15.3. The third kappa shape index (κ3) is 8.11. The lowest BCUT2D eigenvalue weighted by Crippen LogP contribution is -2.46. The molecule has 6 nitrogen and oxygen atoms in total. The molecule has 0 heterocycles. The van der Waals surface area contributed by atoms with Crippen LogP contribution in [0.3, 0.4) is 0 Å². The molecule has 6 heteroatoms. The number of carboxylic acids is 1. The molecule has 1 unspecified atom stereocenters. The van der Waals surface area contributed by atoms with E-state index in [-0.39, 0.29) is 13.0 Å². The molecule has 0 saturated carbocycles. The van der Waals surface area contributed by atoms with Crippen LogP contribution in [0, 0.1) is 12.3 Å². The van der Waals surface area contributed by atoms with Crippen LogP contribution < -0.4 is 10.6 Å². The highest BCUT2D eigenvalue weighted by Gasteiger charge is 2.18. The molecule has 0 radical (unpaired) electrons. The van der Waals surface area contributed by atoms with Crippen molar-refractivity contribution in [3.63, 3.8) is 0 Å². The molecule has 4 N–H and O–H groups in total. The molecule has 1 atom stereocenters. The molecular weight excluding hydrogens is 224 g/mol. The van der Waals surface area contributed by atoms with Crippen molar-refractivity contribution in [3.05, 3.63) is 0 Å². The van der Waals surface area contributed by atoms with Gasteiger partial charge in [-0.2, -0.15) is 0 Å². The second-order valence-corrected chi connectivity index (χ2v) is 3.46. The number of hydrogen-bond acceptors (Lipinski definition) is 3. The van der Waals surface area contributed by atoms with Gasteiger partial charge in [-0.3, -0.25) is 0 Å². The lowest BCUT2D eigenvalue weighted by molar-refractivity contribution is -0.139. The fourth-order valence-electron chi connectivity index (χ4n) is 1.15. The third-order valence-corrected chi connectivity index (χ3v) is 2.05. The van der Waals surface area contributed by atoms with E-state index in [1.165, 1.54) is 0 Å². The van der Waals surface area contributed by atoms with Gasteiger partial charge in [0.1, 0.15) is 6.04 Å². The Kier molecular flexibility index (Phi) is 8.51. The number of rotatable bonds is 8. The second-order valence-electron chi connectivity index (χ2n) is 3.46. The number of nitrogens with one attached hydrogen (secondary N) is 2. The van der Waals surface area contributed by atoms with E-state index in [2.05, 4.69) is 16.6 Å². The van der Waals surface area contributed by atoms with E-state index in [4.69, 9.17) is 16.6 Å². The number of aliphatic carboxylic acids is 1. The highest BCUT2D eigenvalue weighted by Crippen LogP contribution is 1.93. The van der Waals surface area contributed by atoms with Crippen LogP contribution in [-0.4, -0.2) is 41.4 Å². The Bertz CT molecular complexity index is 286.